The number of ether oxygens (including phenoxy) is 2. The first-order chi connectivity index (χ1) is 11.2. The highest BCUT2D eigenvalue weighted by Gasteiger charge is 2.15. The second-order valence-corrected chi connectivity index (χ2v) is 5.37. The third kappa shape index (κ3) is 2.30. The van der Waals surface area contributed by atoms with Gasteiger partial charge in [0.15, 0.2) is 11.5 Å². The van der Waals surface area contributed by atoms with Gasteiger partial charge in [-0.15, -0.1) is 0 Å². The van der Waals surface area contributed by atoms with Gasteiger partial charge in [0.25, 0.3) is 0 Å². The largest absolute Gasteiger partial charge is 0.454 e. The average Bonchev–Trinajstić information content (AvgIpc) is 3.03. The van der Waals surface area contributed by atoms with Crippen LogP contribution in [0.1, 0.15) is 11.1 Å². The number of fused-ring (bicyclic) bond motifs is 2. The van der Waals surface area contributed by atoms with Crippen molar-refractivity contribution in [3.63, 3.8) is 0 Å². The molecule has 0 fully saturated rings. The van der Waals surface area contributed by atoms with E-state index in [9.17, 15) is 5.26 Å². The minimum atomic E-state index is 0.236. The predicted molar refractivity (Wildman–Crippen MR) is 87.0 cm³/mol. The molecule has 0 bridgehead atoms. The van der Waals surface area contributed by atoms with Crippen molar-refractivity contribution >= 4 is 22.3 Å². The van der Waals surface area contributed by atoms with E-state index in [4.69, 9.17) is 9.47 Å². The summed E-state index contributed by atoms with van der Waals surface area (Å²) in [6.45, 7) is 2.25. The van der Waals surface area contributed by atoms with Gasteiger partial charge in [-0.3, -0.25) is 4.98 Å². The van der Waals surface area contributed by atoms with Crippen LogP contribution in [-0.4, -0.2) is 11.8 Å². The van der Waals surface area contributed by atoms with Crippen LogP contribution in [0.5, 0.6) is 11.5 Å². The third-order valence-electron chi connectivity index (χ3n) is 3.79. The van der Waals surface area contributed by atoms with Crippen LogP contribution in [0.2, 0.25) is 0 Å². The molecule has 0 saturated heterocycles. The zero-order chi connectivity index (χ0) is 15.8. The number of nitrogens with zero attached hydrogens (tertiary/aromatic N) is 2. The minimum absolute atomic E-state index is 0.236. The van der Waals surface area contributed by atoms with Crippen LogP contribution in [-0.2, 0) is 0 Å². The van der Waals surface area contributed by atoms with Crippen LogP contribution in [0.25, 0.3) is 10.9 Å². The molecular formula is C18H13N3O2. The molecule has 0 unspecified atom stereocenters. The molecule has 1 aliphatic heterocycles. The van der Waals surface area contributed by atoms with Gasteiger partial charge >= 0.3 is 0 Å². The van der Waals surface area contributed by atoms with Crippen molar-refractivity contribution < 1.29 is 9.47 Å². The Kier molecular flexibility index (Phi) is 3.02. The van der Waals surface area contributed by atoms with E-state index in [0.29, 0.717) is 11.3 Å². The van der Waals surface area contributed by atoms with Crippen LogP contribution in [0.4, 0.5) is 11.4 Å². The number of anilines is 2. The molecule has 0 aliphatic carbocycles. The Balaban J connectivity index is 1.84. The second-order valence-electron chi connectivity index (χ2n) is 5.37. The monoisotopic (exact) mass is 303 g/mol. The molecule has 0 spiro atoms. The quantitative estimate of drug-likeness (QED) is 0.778. The first kappa shape index (κ1) is 13.4. The maximum atomic E-state index is 9.41. The Bertz CT molecular complexity index is 960. The molecule has 2 aromatic carbocycles. The topological polar surface area (TPSA) is 67.2 Å². The third-order valence-corrected chi connectivity index (χ3v) is 3.79. The summed E-state index contributed by atoms with van der Waals surface area (Å²) in [6.07, 6.45) is 1.59. The summed E-state index contributed by atoms with van der Waals surface area (Å²) < 4.78 is 10.7. The number of aromatic nitrogens is 1. The van der Waals surface area contributed by atoms with E-state index in [0.717, 1.165) is 33.6 Å². The maximum absolute atomic E-state index is 9.41. The molecule has 2 heterocycles. The van der Waals surface area contributed by atoms with Gasteiger partial charge < -0.3 is 14.8 Å². The number of pyridine rings is 1. The van der Waals surface area contributed by atoms with Gasteiger partial charge in [-0.05, 0) is 31.2 Å². The Labute approximate surface area is 133 Å². The van der Waals surface area contributed by atoms with Crippen molar-refractivity contribution in [3.05, 3.63) is 53.7 Å². The summed E-state index contributed by atoms with van der Waals surface area (Å²) in [5, 5.41) is 13.6. The van der Waals surface area contributed by atoms with Crippen molar-refractivity contribution in [1.29, 1.82) is 5.26 Å². The summed E-state index contributed by atoms with van der Waals surface area (Å²) in [6, 6.07) is 13.8. The molecule has 112 valence electrons. The highest BCUT2D eigenvalue weighted by Crippen LogP contribution is 2.36. The van der Waals surface area contributed by atoms with Crippen molar-refractivity contribution in [3.8, 4) is 17.6 Å². The van der Waals surface area contributed by atoms with Gasteiger partial charge in [0.05, 0.1) is 16.8 Å². The second kappa shape index (κ2) is 5.18. The number of nitrogens with one attached hydrogen (secondary N) is 1. The van der Waals surface area contributed by atoms with Crippen LogP contribution in [0.15, 0.2) is 42.6 Å². The average molecular weight is 303 g/mol. The SMILES string of the molecule is Cc1ccc2ncc(C#N)c(Nc3ccc4c(c3)OCO4)c2c1. The first-order valence-electron chi connectivity index (χ1n) is 7.21. The van der Waals surface area contributed by atoms with Gasteiger partial charge in [0.1, 0.15) is 6.07 Å². The summed E-state index contributed by atoms with van der Waals surface area (Å²) in [5.41, 5.74) is 4.04. The summed E-state index contributed by atoms with van der Waals surface area (Å²) in [7, 11) is 0. The fraction of sp³-hybridized carbons (Fsp3) is 0.111. The van der Waals surface area contributed by atoms with Gasteiger partial charge in [-0.2, -0.15) is 5.26 Å². The number of benzene rings is 2. The summed E-state index contributed by atoms with van der Waals surface area (Å²) in [4.78, 5) is 4.35. The number of hydrogen-bond donors (Lipinski definition) is 1. The number of hydrogen-bond acceptors (Lipinski definition) is 5. The number of nitriles is 1. The van der Waals surface area contributed by atoms with Crippen LogP contribution < -0.4 is 14.8 Å². The molecule has 1 aliphatic rings. The predicted octanol–water partition coefficient (Wildman–Crippen LogP) is 3.89. The van der Waals surface area contributed by atoms with E-state index >= 15 is 0 Å². The molecule has 0 saturated carbocycles. The van der Waals surface area contributed by atoms with Crippen LogP contribution in [0, 0.1) is 18.3 Å². The molecule has 1 aromatic heterocycles. The molecule has 4 rings (SSSR count). The fourth-order valence-corrected chi connectivity index (χ4v) is 2.64. The standard InChI is InChI=1S/C18H13N3O2/c1-11-2-4-15-14(6-11)18(12(8-19)9-20-15)21-13-3-5-16-17(7-13)23-10-22-16/h2-7,9H,10H2,1H3,(H,20,21). The van der Waals surface area contributed by atoms with Crippen molar-refractivity contribution in [2.45, 2.75) is 6.92 Å². The number of rotatable bonds is 2. The Morgan fingerprint density at radius 2 is 2.00 bits per heavy atom. The molecule has 0 radical (unpaired) electrons. The van der Waals surface area contributed by atoms with E-state index in [2.05, 4.69) is 16.4 Å². The molecule has 0 amide bonds. The summed E-state index contributed by atoms with van der Waals surface area (Å²) in [5.74, 6) is 1.43. The minimum Gasteiger partial charge on any atom is -0.454 e. The van der Waals surface area contributed by atoms with Gasteiger partial charge in [0.2, 0.25) is 6.79 Å². The van der Waals surface area contributed by atoms with E-state index in [-0.39, 0.29) is 6.79 Å². The lowest BCUT2D eigenvalue weighted by molar-refractivity contribution is 0.174. The molecule has 23 heavy (non-hydrogen) atoms. The Morgan fingerprint density at radius 3 is 2.87 bits per heavy atom. The van der Waals surface area contributed by atoms with Crippen molar-refractivity contribution in [2.24, 2.45) is 0 Å². The van der Waals surface area contributed by atoms with E-state index in [1.54, 1.807) is 6.20 Å². The Hall–Kier alpha value is -3.26. The first-order valence-corrected chi connectivity index (χ1v) is 7.21. The Morgan fingerprint density at radius 1 is 1.13 bits per heavy atom. The van der Waals surface area contributed by atoms with Gasteiger partial charge in [-0.25, -0.2) is 0 Å². The fourth-order valence-electron chi connectivity index (χ4n) is 2.64. The summed E-state index contributed by atoms with van der Waals surface area (Å²) >= 11 is 0. The molecular weight excluding hydrogens is 290 g/mol. The normalized spacial score (nSPS) is 12.2. The van der Waals surface area contributed by atoms with E-state index in [1.165, 1.54) is 0 Å². The van der Waals surface area contributed by atoms with Gasteiger partial charge in [0, 0.05) is 23.3 Å². The van der Waals surface area contributed by atoms with Crippen LogP contribution >= 0.6 is 0 Å². The smallest absolute Gasteiger partial charge is 0.231 e. The molecule has 0 atom stereocenters. The lowest BCUT2D eigenvalue weighted by Crippen LogP contribution is -1.97. The molecule has 3 aromatic rings. The van der Waals surface area contributed by atoms with E-state index < -0.39 is 0 Å². The molecule has 5 nitrogen and oxygen atoms in total. The molecule has 5 heteroatoms. The molecule has 1 N–H and O–H groups in total. The lowest BCUT2D eigenvalue weighted by Gasteiger charge is -2.12. The lowest BCUT2D eigenvalue weighted by atomic mass is 10.1. The highest BCUT2D eigenvalue weighted by atomic mass is 16.7. The zero-order valence-corrected chi connectivity index (χ0v) is 12.5. The highest BCUT2D eigenvalue weighted by molar-refractivity contribution is 5.96. The zero-order valence-electron chi connectivity index (χ0n) is 12.5. The van der Waals surface area contributed by atoms with E-state index in [1.807, 2.05) is 43.3 Å². The van der Waals surface area contributed by atoms with Crippen molar-refractivity contribution in [1.82, 2.24) is 4.98 Å². The van der Waals surface area contributed by atoms with Crippen LogP contribution in [0.3, 0.4) is 0 Å². The number of aryl methyl sites for hydroxylation is 1. The maximum Gasteiger partial charge on any atom is 0.231 e. The van der Waals surface area contributed by atoms with Gasteiger partial charge in [-0.1, -0.05) is 11.6 Å². The van der Waals surface area contributed by atoms with Crippen molar-refractivity contribution in [2.75, 3.05) is 12.1 Å².